The van der Waals surface area contributed by atoms with Gasteiger partial charge in [0.05, 0.1) is 24.4 Å². The van der Waals surface area contributed by atoms with Crippen LogP contribution in [0.3, 0.4) is 0 Å². The van der Waals surface area contributed by atoms with Gasteiger partial charge in [0.15, 0.2) is 0 Å². The number of pyridine rings is 1. The number of benzene rings is 2. The fourth-order valence-corrected chi connectivity index (χ4v) is 5.02. The molecule has 202 valence electrons. The number of aromatic nitrogens is 1. The molecule has 2 N–H and O–H groups in total. The number of rotatable bonds is 4. The van der Waals surface area contributed by atoms with Gasteiger partial charge in [-0.2, -0.15) is 0 Å². The summed E-state index contributed by atoms with van der Waals surface area (Å²) < 4.78 is 12.1. The first-order valence-electron chi connectivity index (χ1n) is 13.3. The van der Waals surface area contributed by atoms with Crippen molar-refractivity contribution in [3.8, 4) is 17.2 Å². The summed E-state index contributed by atoms with van der Waals surface area (Å²) in [7, 11) is 0. The molecule has 3 aromatic rings. The molecule has 0 saturated heterocycles. The number of nitrogens with one attached hydrogen (secondary N) is 2. The number of ether oxygens (including phenoxy) is 2. The van der Waals surface area contributed by atoms with Gasteiger partial charge >= 0.3 is 0 Å². The second-order valence-electron chi connectivity index (χ2n) is 9.73. The molecular weight excluding hydrogens is 496 g/mol. The highest BCUT2D eigenvalue weighted by atomic mass is 16.5. The third-order valence-corrected chi connectivity index (χ3v) is 6.86. The molecule has 1 atom stereocenters. The molecule has 0 aliphatic carbocycles. The number of nitrogens with zero attached hydrogens (tertiary/aromatic N) is 2. The van der Waals surface area contributed by atoms with E-state index in [4.69, 9.17) is 9.47 Å². The van der Waals surface area contributed by atoms with Crippen LogP contribution in [0, 0.1) is 0 Å². The molecule has 9 nitrogen and oxygen atoms in total. The predicted octanol–water partition coefficient (Wildman–Crippen LogP) is 3.78. The van der Waals surface area contributed by atoms with Crippen molar-refractivity contribution in [2.24, 2.45) is 0 Å². The zero-order valence-corrected chi connectivity index (χ0v) is 21.9. The molecule has 1 unspecified atom stereocenters. The summed E-state index contributed by atoms with van der Waals surface area (Å²) in [6.45, 7) is 3.39. The van der Waals surface area contributed by atoms with Crippen molar-refractivity contribution < 1.29 is 23.9 Å². The molecular formula is C30H32N4O5. The number of hydrogen-bond acceptors (Lipinski definition) is 6. The van der Waals surface area contributed by atoms with E-state index < -0.39 is 0 Å². The van der Waals surface area contributed by atoms with Gasteiger partial charge in [-0.3, -0.25) is 19.4 Å². The standard InChI is InChI=1S/C30H32N4O5/c1-20(35)32-11-3-7-28(36)34-13-10-21-15-25-8-9-27(21)29(34)22-5-2-6-24(16-22)38-14-4-12-33-30(37)23-17-26(39-25)19-31-18-23/h2,5-6,8-9,15-19,29H,3-4,7,10-14H2,1H3,(H,32,35)(H,33,37). The van der Waals surface area contributed by atoms with Crippen LogP contribution in [0.1, 0.15) is 59.3 Å². The molecule has 0 radical (unpaired) electrons. The quantitative estimate of drug-likeness (QED) is 0.499. The highest BCUT2D eigenvalue weighted by Gasteiger charge is 2.32. The van der Waals surface area contributed by atoms with Crippen LogP contribution in [0.25, 0.3) is 0 Å². The van der Waals surface area contributed by atoms with Gasteiger partial charge in [0, 0.05) is 39.2 Å². The second-order valence-corrected chi connectivity index (χ2v) is 9.73. The van der Waals surface area contributed by atoms with E-state index in [1.165, 1.54) is 13.1 Å². The molecule has 3 amide bonds. The van der Waals surface area contributed by atoms with Gasteiger partial charge in [-0.1, -0.05) is 18.2 Å². The average Bonchev–Trinajstić information content (AvgIpc) is 2.94. The Bertz CT molecular complexity index is 1370. The normalized spacial score (nSPS) is 16.7. The number of hydrogen-bond donors (Lipinski definition) is 2. The Morgan fingerprint density at radius 3 is 2.87 bits per heavy atom. The summed E-state index contributed by atoms with van der Waals surface area (Å²) in [5.74, 6) is 1.55. The van der Waals surface area contributed by atoms with Gasteiger partial charge in [0.2, 0.25) is 11.8 Å². The van der Waals surface area contributed by atoms with Gasteiger partial charge in [-0.25, -0.2) is 0 Å². The fourth-order valence-electron chi connectivity index (χ4n) is 5.02. The summed E-state index contributed by atoms with van der Waals surface area (Å²) in [4.78, 5) is 43.3. The smallest absolute Gasteiger partial charge is 0.252 e. The summed E-state index contributed by atoms with van der Waals surface area (Å²) in [5, 5.41) is 5.66. The lowest BCUT2D eigenvalue weighted by atomic mass is 9.87. The lowest BCUT2D eigenvalue weighted by Gasteiger charge is -2.38. The Morgan fingerprint density at radius 1 is 1.10 bits per heavy atom. The molecule has 0 saturated carbocycles. The predicted molar refractivity (Wildman–Crippen MR) is 145 cm³/mol. The zero-order chi connectivity index (χ0) is 27.2. The number of fused-ring (bicyclic) bond motifs is 6. The SMILES string of the molecule is CC(=O)NCCCC(=O)N1CCc2cc3ccc2C1c1cccc(c1)OCCCNC(=O)c1cncc(c1)O3. The third kappa shape index (κ3) is 6.37. The van der Waals surface area contributed by atoms with Crippen molar-refractivity contribution in [2.45, 2.75) is 38.6 Å². The van der Waals surface area contributed by atoms with E-state index in [0.717, 1.165) is 16.7 Å². The average molecular weight is 529 g/mol. The molecule has 6 rings (SSSR count). The first kappa shape index (κ1) is 26.2. The van der Waals surface area contributed by atoms with Crippen LogP contribution in [0.5, 0.6) is 17.2 Å². The molecule has 0 spiro atoms. The highest BCUT2D eigenvalue weighted by Crippen LogP contribution is 2.39. The Kier molecular flexibility index (Phi) is 8.05. The second kappa shape index (κ2) is 12.0. The molecule has 39 heavy (non-hydrogen) atoms. The lowest BCUT2D eigenvalue weighted by molar-refractivity contribution is -0.133. The van der Waals surface area contributed by atoms with E-state index >= 15 is 0 Å². The minimum absolute atomic E-state index is 0.0448. The topological polar surface area (TPSA) is 110 Å². The van der Waals surface area contributed by atoms with E-state index in [1.807, 2.05) is 47.4 Å². The van der Waals surface area contributed by atoms with Crippen molar-refractivity contribution in [3.05, 3.63) is 83.2 Å². The largest absolute Gasteiger partial charge is 0.494 e. The maximum absolute atomic E-state index is 13.4. The first-order valence-corrected chi connectivity index (χ1v) is 13.3. The van der Waals surface area contributed by atoms with Crippen LogP contribution in [-0.4, -0.2) is 53.8 Å². The molecule has 3 aliphatic heterocycles. The van der Waals surface area contributed by atoms with E-state index in [9.17, 15) is 14.4 Å². The Hall–Kier alpha value is -4.40. The molecule has 9 heteroatoms. The molecule has 0 fully saturated rings. The lowest BCUT2D eigenvalue weighted by Crippen LogP contribution is -2.40. The van der Waals surface area contributed by atoms with E-state index in [0.29, 0.717) is 74.7 Å². The van der Waals surface area contributed by atoms with Crippen LogP contribution >= 0.6 is 0 Å². The summed E-state index contributed by atoms with van der Waals surface area (Å²) >= 11 is 0. The van der Waals surface area contributed by atoms with Crippen molar-refractivity contribution in [3.63, 3.8) is 0 Å². The molecule has 8 bridgehead atoms. The van der Waals surface area contributed by atoms with Gasteiger partial charge in [0.1, 0.15) is 17.2 Å². The number of amides is 3. The highest BCUT2D eigenvalue weighted by molar-refractivity contribution is 5.94. The van der Waals surface area contributed by atoms with Gasteiger partial charge < -0.3 is 25.0 Å². The third-order valence-electron chi connectivity index (χ3n) is 6.86. The number of carbonyl (C=O) groups is 3. The van der Waals surface area contributed by atoms with Crippen LogP contribution in [0.2, 0.25) is 0 Å². The monoisotopic (exact) mass is 528 g/mol. The van der Waals surface area contributed by atoms with Crippen LogP contribution in [0.15, 0.2) is 60.9 Å². The maximum atomic E-state index is 13.4. The number of carbonyl (C=O) groups excluding carboxylic acids is 3. The van der Waals surface area contributed by atoms with E-state index in [-0.39, 0.29) is 23.8 Å². The van der Waals surface area contributed by atoms with Crippen LogP contribution in [0.4, 0.5) is 0 Å². The minimum Gasteiger partial charge on any atom is -0.494 e. The molecule has 4 heterocycles. The summed E-state index contributed by atoms with van der Waals surface area (Å²) in [6, 6.07) is 15.1. The molecule has 2 aromatic carbocycles. The van der Waals surface area contributed by atoms with Crippen molar-refractivity contribution in [1.82, 2.24) is 20.5 Å². The minimum atomic E-state index is -0.275. The summed E-state index contributed by atoms with van der Waals surface area (Å²) in [5.41, 5.74) is 3.51. The van der Waals surface area contributed by atoms with E-state index in [2.05, 4.69) is 15.6 Å². The van der Waals surface area contributed by atoms with Gasteiger partial charge in [0.25, 0.3) is 5.91 Å². The summed E-state index contributed by atoms with van der Waals surface area (Å²) in [6.07, 6.45) is 5.33. The Morgan fingerprint density at radius 2 is 2.00 bits per heavy atom. The van der Waals surface area contributed by atoms with Crippen molar-refractivity contribution >= 4 is 17.7 Å². The molecule has 1 aromatic heterocycles. The van der Waals surface area contributed by atoms with Gasteiger partial charge in [-0.15, -0.1) is 0 Å². The maximum Gasteiger partial charge on any atom is 0.252 e. The zero-order valence-electron chi connectivity index (χ0n) is 21.9. The van der Waals surface area contributed by atoms with Crippen molar-refractivity contribution in [2.75, 3.05) is 26.2 Å². The van der Waals surface area contributed by atoms with Crippen LogP contribution < -0.4 is 20.1 Å². The Labute approximate surface area is 227 Å². The Balaban J connectivity index is 1.49. The molecule has 3 aliphatic rings. The van der Waals surface area contributed by atoms with E-state index in [1.54, 1.807) is 12.3 Å². The van der Waals surface area contributed by atoms with Gasteiger partial charge in [-0.05, 0) is 66.3 Å². The van der Waals surface area contributed by atoms with Crippen molar-refractivity contribution in [1.29, 1.82) is 0 Å². The fraction of sp³-hybridized carbons (Fsp3) is 0.333. The first-order chi connectivity index (χ1) is 19.0. The van der Waals surface area contributed by atoms with Crippen LogP contribution in [-0.2, 0) is 16.0 Å².